The van der Waals surface area contributed by atoms with Crippen LogP contribution in [0.1, 0.15) is 23.3 Å². The van der Waals surface area contributed by atoms with Crippen LogP contribution in [0.5, 0.6) is 0 Å². The molecule has 140 valence electrons. The highest BCUT2D eigenvalue weighted by Gasteiger charge is 2.43. The average Bonchev–Trinajstić information content (AvgIpc) is 2.71. The summed E-state index contributed by atoms with van der Waals surface area (Å²) in [5.74, 6) is -0.733. The number of likely N-dealkylation sites (tertiary alicyclic amines) is 1. The van der Waals surface area contributed by atoms with E-state index in [1.165, 1.54) is 12.1 Å². The lowest BCUT2D eigenvalue weighted by atomic mass is 9.89. The zero-order valence-electron chi connectivity index (χ0n) is 14.8. The monoisotopic (exact) mass is 369 g/mol. The number of ether oxygens (including phenoxy) is 1. The van der Waals surface area contributed by atoms with E-state index < -0.39 is 11.4 Å². The third kappa shape index (κ3) is 3.55. The van der Waals surface area contributed by atoms with Gasteiger partial charge in [0.2, 0.25) is 0 Å². The molecule has 1 aromatic carbocycles. The number of anilines is 1. The summed E-state index contributed by atoms with van der Waals surface area (Å²) in [6, 6.07) is 12.2. The molecule has 2 aliphatic rings. The molecule has 3 heterocycles. The number of carbonyl (C=O) groups excluding carboxylic acids is 2. The lowest BCUT2D eigenvalue weighted by Crippen LogP contribution is -2.59. The van der Waals surface area contributed by atoms with Crippen molar-refractivity contribution in [2.24, 2.45) is 0 Å². The molecule has 2 aliphatic heterocycles. The van der Waals surface area contributed by atoms with Crippen molar-refractivity contribution in [3.05, 3.63) is 60.2 Å². The van der Waals surface area contributed by atoms with Crippen LogP contribution in [0.25, 0.3) is 0 Å². The first-order chi connectivity index (χ1) is 13.1. The molecule has 2 aromatic rings. The first-order valence-corrected chi connectivity index (χ1v) is 8.97. The van der Waals surface area contributed by atoms with Crippen LogP contribution in [0.4, 0.5) is 10.1 Å². The SMILES string of the molecule is O=C(c1ccc(F)cn1)N1CCC2(CC1)CN(c1ccccc1)C(=O)CO2. The van der Waals surface area contributed by atoms with Crippen molar-refractivity contribution in [2.45, 2.75) is 18.4 Å². The number of hydrogen-bond donors (Lipinski definition) is 0. The standard InChI is InChI=1S/C20H20FN3O3/c21-15-6-7-17(22-12-15)19(26)23-10-8-20(9-11-23)14-24(18(25)13-27-20)16-4-2-1-3-5-16/h1-7,12H,8-11,13-14H2. The summed E-state index contributed by atoms with van der Waals surface area (Å²) < 4.78 is 18.9. The first-order valence-electron chi connectivity index (χ1n) is 8.97. The molecule has 0 atom stereocenters. The Hall–Kier alpha value is -2.80. The van der Waals surface area contributed by atoms with E-state index in [1.807, 2.05) is 30.3 Å². The summed E-state index contributed by atoms with van der Waals surface area (Å²) in [6.07, 6.45) is 2.32. The maximum atomic E-state index is 13.0. The third-order valence-corrected chi connectivity index (χ3v) is 5.23. The third-order valence-electron chi connectivity index (χ3n) is 5.23. The van der Waals surface area contributed by atoms with Crippen molar-refractivity contribution in [1.82, 2.24) is 9.88 Å². The molecule has 6 nitrogen and oxygen atoms in total. The Labute approximate surface area is 156 Å². The van der Waals surface area contributed by atoms with Gasteiger partial charge in [-0.3, -0.25) is 9.59 Å². The largest absolute Gasteiger partial charge is 0.363 e. The lowest BCUT2D eigenvalue weighted by molar-refractivity contribution is -0.143. The molecular weight excluding hydrogens is 349 g/mol. The van der Waals surface area contributed by atoms with Gasteiger partial charge in [-0.2, -0.15) is 0 Å². The van der Waals surface area contributed by atoms with E-state index in [0.29, 0.717) is 32.5 Å². The van der Waals surface area contributed by atoms with E-state index >= 15 is 0 Å². The number of hydrogen-bond acceptors (Lipinski definition) is 4. The number of pyridine rings is 1. The van der Waals surface area contributed by atoms with E-state index in [1.54, 1.807) is 9.80 Å². The Morgan fingerprint density at radius 3 is 2.52 bits per heavy atom. The van der Waals surface area contributed by atoms with Crippen LogP contribution in [0.2, 0.25) is 0 Å². The summed E-state index contributed by atoms with van der Waals surface area (Å²) in [5.41, 5.74) is 0.647. The van der Waals surface area contributed by atoms with Gasteiger partial charge < -0.3 is 14.5 Å². The van der Waals surface area contributed by atoms with Crippen LogP contribution in [0, 0.1) is 5.82 Å². The molecule has 0 N–H and O–H groups in total. The molecule has 0 saturated carbocycles. The maximum absolute atomic E-state index is 13.0. The number of morpholine rings is 1. The summed E-state index contributed by atoms with van der Waals surface area (Å²) in [5, 5.41) is 0. The minimum Gasteiger partial charge on any atom is -0.363 e. The van der Waals surface area contributed by atoms with E-state index in [-0.39, 0.29) is 24.1 Å². The van der Waals surface area contributed by atoms with Crippen LogP contribution in [-0.4, -0.2) is 53.5 Å². The Kier molecular flexibility index (Phi) is 4.61. The van der Waals surface area contributed by atoms with Crippen molar-refractivity contribution in [3.8, 4) is 0 Å². The molecular formula is C20H20FN3O3. The number of amides is 2. The lowest BCUT2D eigenvalue weighted by Gasteiger charge is -2.46. The molecule has 2 saturated heterocycles. The fraction of sp³-hybridized carbons (Fsp3) is 0.350. The molecule has 0 unspecified atom stereocenters. The molecule has 7 heteroatoms. The Balaban J connectivity index is 1.44. The molecule has 0 radical (unpaired) electrons. The molecule has 2 amide bonds. The Bertz CT molecular complexity index is 833. The number of aromatic nitrogens is 1. The zero-order valence-corrected chi connectivity index (χ0v) is 14.8. The second kappa shape index (κ2) is 7.08. The first kappa shape index (κ1) is 17.6. The number of benzene rings is 1. The Morgan fingerprint density at radius 1 is 1.11 bits per heavy atom. The fourth-order valence-corrected chi connectivity index (χ4v) is 3.64. The quantitative estimate of drug-likeness (QED) is 0.815. The van der Waals surface area contributed by atoms with Gasteiger partial charge in [-0.1, -0.05) is 18.2 Å². The van der Waals surface area contributed by atoms with E-state index in [2.05, 4.69) is 4.98 Å². The van der Waals surface area contributed by atoms with Crippen LogP contribution >= 0.6 is 0 Å². The molecule has 0 bridgehead atoms. The summed E-state index contributed by atoms with van der Waals surface area (Å²) in [6.45, 7) is 1.54. The van der Waals surface area contributed by atoms with Crippen LogP contribution in [0.15, 0.2) is 48.7 Å². The van der Waals surface area contributed by atoms with Crippen molar-refractivity contribution in [2.75, 3.05) is 31.1 Å². The number of para-hydroxylation sites is 1. The van der Waals surface area contributed by atoms with Gasteiger partial charge in [0.1, 0.15) is 18.1 Å². The smallest absolute Gasteiger partial charge is 0.272 e. The maximum Gasteiger partial charge on any atom is 0.272 e. The van der Waals surface area contributed by atoms with Crippen molar-refractivity contribution < 1.29 is 18.7 Å². The van der Waals surface area contributed by atoms with Crippen LogP contribution < -0.4 is 4.90 Å². The number of rotatable bonds is 2. The van der Waals surface area contributed by atoms with Gasteiger partial charge in [0.05, 0.1) is 18.3 Å². The molecule has 1 aromatic heterocycles. The van der Waals surface area contributed by atoms with E-state index in [9.17, 15) is 14.0 Å². The van der Waals surface area contributed by atoms with E-state index in [0.717, 1.165) is 11.9 Å². The highest BCUT2D eigenvalue weighted by atomic mass is 19.1. The van der Waals surface area contributed by atoms with Gasteiger partial charge in [-0.15, -0.1) is 0 Å². The summed E-state index contributed by atoms with van der Waals surface area (Å²) in [4.78, 5) is 32.2. The van der Waals surface area contributed by atoms with Gasteiger partial charge in [0.25, 0.3) is 11.8 Å². The number of halogens is 1. The molecule has 2 fully saturated rings. The predicted molar refractivity (Wildman–Crippen MR) is 96.8 cm³/mol. The fourth-order valence-electron chi connectivity index (χ4n) is 3.64. The molecule has 27 heavy (non-hydrogen) atoms. The van der Waals surface area contributed by atoms with Crippen molar-refractivity contribution >= 4 is 17.5 Å². The van der Waals surface area contributed by atoms with Crippen LogP contribution in [0.3, 0.4) is 0 Å². The second-order valence-corrected chi connectivity index (χ2v) is 6.94. The topological polar surface area (TPSA) is 62.7 Å². The minimum atomic E-state index is -0.467. The van der Waals surface area contributed by atoms with Gasteiger partial charge in [0.15, 0.2) is 0 Å². The number of nitrogens with zero attached hydrogens (tertiary/aromatic N) is 3. The van der Waals surface area contributed by atoms with Gasteiger partial charge in [-0.05, 0) is 37.1 Å². The highest BCUT2D eigenvalue weighted by molar-refractivity contribution is 5.95. The molecule has 1 spiro atoms. The predicted octanol–water partition coefficient (Wildman–Crippen LogP) is 2.26. The zero-order chi connectivity index (χ0) is 18.9. The number of piperidine rings is 1. The van der Waals surface area contributed by atoms with Crippen LogP contribution in [-0.2, 0) is 9.53 Å². The molecule has 0 aliphatic carbocycles. The van der Waals surface area contributed by atoms with E-state index in [4.69, 9.17) is 4.74 Å². The summed E-state index contributed by atoms with van der Waals surface area (Å²) >= 11 is 0. The normalized spacial score (nSPS) is 19.4. The summed E-state index contributed by atoms with van der Waals surface area (Å²) in [7, 11) is 0. The molecule has 4 rings (SSSR count). The Morgan fingerprint density at radius 2 is 1.85 bits per heavy atom. The second-order valence-electron chi connectivity index (χ2n) is 6.94. The van der Waals surface area contributed by atoms with Gasteiger partial charge in [0, 0.05) is 18.8 Å². The average molecular weight is 369 g/mol. The number of carbonyl (C=O) groups is 2. The highest BCUT2D eigenvalue weighted by Crippen LogP contribution is 2.33. The van der Waals surface area contributed by atoms with Crippen molar-refractivity contribution in [3.63, 3.8) is 0 Å². The van der Waals surface area contributed by atoms with Gasteiger partial charge >= 0.3 is 0 Å². The minimum absolute atomic E-state index is 0.0440. The van der Waals surface area contributed by atoms with Crippen molar-refractivity contribution in [1.29, 1.82) is 0 Å². The van der Waals surface area contributed by atoms with Gasteiger partial charge in [-0.25, -0.2) is 9.37 Å².